The number of rotatable bonds is 3. The number of hydrogen-bond acceptors (Lipinski definition) is 3. The predicted octanol–water partition coefficient (Wildman–Crippen LogP) is 7.13. The number of aromatic nitrogens is 1. The van der Waals surface area contributed by atoms with Crippen LogP contribution in [0.4, 0.5) is 0 Å². The Morgan fingerprint density at radius 3 is 2.28 bits per heavy atom. The fourth-order valence-electron chi connectivity index (χ4n) is 5.58. The van der Waals surface area contributed by atoms with Gasteiger partial charge >= 0.3 is 0 Å². The topological polar surface area (TPSA) is 50.0 Å². The van der Waals surface area contributed by atoms with Gasteiger partial charge in [-0.25, -0.2) is 4.57 Å². The third-order valence-electron chi connectivity index (χ3n) is 7.59. The van der Waals surface area contributed by atoms with Gasteiger partial charge in [-0.05, 0) is 67.0 Å². The summed E-state index contributed by atoms with van der Waals surface area (Å²) in [6.07, 6.45) is 4.20. The molecule has 6 rings (SSSR count). The summed E-state index contributed by atoms with van der Waals surface area (Å²) in [7, 11) is 2.06. The minimum absolute atomic E-state index is 0.533. The number of fused-ring (bicyclic) bond motifs is 3. The molecule has 5 aromatic rings. The van der Waals surface area contributed by atoms with E-state index in [1.807, 2.05) is 12.1 Å². The van der Waals surface area contributed by atoms with Gasteiger partial charge in [0.05, 0.1) is 17.2 Å². The van der Waals surface area contributed by atoms with Gasteiger partial charge in [0, 0.05) is 41.7 Å². The molecule has 0 amide bonds. The molecule has 36 heavy (non-hydrogen) atoms. The van der Waals surface area contributed by atoms with E-state index in [0.717, 1.165) is 75.9 Å². The normalized spacial score (nSPS) is 14.4. The Kier molecular flexibility index (Phi) is 5.59. The van der Waals surface area contributed by atoms with Crippen LogP contribution < -0.4 is 4.57 Å². The van der Waals surface area contributed by atoms with E-state index in [-0.39, 0.29) is 0 Å². The Labute approximate surface area is 211 Å². The van der Waals surface area contributed by atoms with Crippen molar-refractivity contribution in [3.05, 3.63) is 89.1 Å². The number of furan rings is 1. The highest BCUT2D eigenvalue weighted by molar-refractivity contribution is 6.14. The quantitative estimate of drug-likeness (QED) is 0.262. The van der Waals surface area contributed by atoms with Crippen molar-refractivity contribution in [2.75, 3.05) is 13.2 Å². The number of aryl methyl sites for hydroxylation is 3. The van der Waals surface area contributed by atoms with Crippen molar-refractivity contribution >= 4 is 21.9 Å². The molecule has 1 saturated heterocycles. The van der Waals surface area contributed by atoms with Crippen molar-refractivity contribution in [1.82, 2.24) is 0 Å². The smallest absolute Gasteiger partial charge is 0.216 e. The van der Waals surface area contributed by atoms with E-state index in [2.05, 4.69) is 86.3 Å². The average Bonchev–Trinajstić information content (AvgIpc) is 3.29. The van der Waals surface area contributed by atoms with Gasteiger partial charge in [-0.2, -0.15) is 5.26 Å². The Balaban J connectivity index is 1.57. The van der Waals surface area contributed by atoms with Gasteiger partial charge in [0.25, 0.3) is 0 Å². The van der Waals surface area contributed by atoms with Crippen LogP contribution >= 0.6 is 0 Å². The fraction of sp³-hybridized carbons (Fsp3) is 0.250. The SMILES string of the molecule is Cc1cc[n+](C)c(-c2c(C)ccc3c2oc2c(-c4ccc(C5CCOCC5)cc4)c(C#N)ccc23)c1. The minimum Gasteiger partial charge on any atom is -0.454 e. The van der Waals surface area contributed by atoms with E-state index in [4.69, 9.17) is 9.15 Å². The van der Waals surface area contributed by atoms with Crippen molar-refractivity contribution in [2.24, 2.45) is 7.05 Å². The van der Waals surface area contributed by atoms with Crippen LogP contribution in [0.15, 0.2) is 71.3 Å². The molecule has 3 heterocycles. The second-order valence-electron chi connectivity index (χ2n) is 9.92. The molecule has 0 radical (unpaired) electrons. The zero-order valence-corrected chi connectivity index (χ0v) is 21.0. The number of ether oxygens (including phenoxy) is 1. The Morgan fingerprint density at radius 1 is 0.861 bits per heavy atom. The minimum atomic E-state index is 0.533. The maximum Gasteiger partial charge on any atom is 0.216 e. The zero-order valence-electron chi connectivity index (χ0n) is 21.0. The van der Waals surface area contributed by atoms with Crippen molar-refractivity contribution in [1.29, 1.82) is 5.26 Å². The van der Waals surface area contributed by atoms with Crippen LogP contribution in [0.3, 0.4) is 0 Å². The molecule has 2 aromatic heterocycles. The molecule has 0 atom stereocenters. The van der Waals surface area contributed by atoms with E-state index in [9.17, 15) is 5.26 Å². The zero-order chi connectivity index (χ0) is 24.8. The maximum absolute atomic E-state index is 10.0. The Morgan fingerprint density at radius 2 is 1.56 bits per heavy atom. The first-order chi connectivity index (χ1) is 17.5. The van der Waals surface area contributed by atoms with Gasteiger partial charge in [0.2, 0.25) is 5.69 Å². The van der Waals surface area contributed by atoms with Crippen LogP contribution in [-0.4, -0.2) is 13.2 Å². The Bertz CT molecular complexity index is 1650. The molecule has 0 saturated carbocycles. The maximum atomic E-state index is 10.0. The van der Waals surface area contributed by atoms with Gasteiger partial charge in [0.1, 0.15) is 18.2 Å². The average molecular weight is 474 g/mol. The van der Waals surface area contributed by atoms with E-state index in [1.54, 1.807) is 0 Å². The lowest BCUT2D eigenvalue weighted by molar-refractivity contribution is -0.660. The molecule has 0 unspecified atom stereocenters. The summed E-state index contributed by atoms with van der Waals surface area (Å²) in [5.74, 6) is 0.533. The molecule has 3 aromatic carbocycles. The molecule has 0 spiro atoms. The summed E-state index contributed by atoms with van der Waals surface area (Å²) in [6.45, 7) is 5.88. The highest BCUT2D eigenvalue weighted by atomic mass is 16.5. The van der Waals surface area contributed by atoms with Crippen LogP contribution in [0.1, 0.15) is 41.0 Å². The molecular formula is C32H29N2O2+. The molecule has 1 aliphatic heterocycles. The summed E-state index contributed by atoms with van der Waals surface area (Å²) in [5.41, 5.74) is 10.0. The lowest BCUT2D eigenvalue weighted by Gasteiger charge is -2.22. The highest BCUT2D eigenvalue weighted by Crippen LogP contribution is 2.42. The van der Waals surface area contributed by atoms with Gasteiger partial charge < -0.3 is 9.15 Å². The summed E-state index contributed by atoms with van der Waals surface area (Å²) < 4.78 is 14.4. The van der Waals surface area contributed by atoms with Crippen molar-refractivity contribution < 1.29 is 13.7 Å². The predicted molar refractivity (Wildman–Crippen MR) is 143 cm³/mol. The molecular weight excluding hydrogens is 444 g/mol. The molecule has 0 bridgehead atoms. The molecule has 0 aliphatic carbocycles. The van der Waals surface area contributed by atoms with Gasteiger partial charge in [-0.3, -0.25) is 0 Å². The van der Waals surface area contributed by atoms with Gasteiger partial charge in [0.15, 0.2) is 6.20 Å². The van der Waals surface area contributed by atoms with E-state index < -0.39 is 0 Å². The van der Waals surface area contributed by atoms with E-state index in [1.165, 1.54) is 11.1 Å². The van der Waals surface area contributed by atoms with E-state index >= 15 is 0 Å². The summed E-state index contributed by atoms with van der Waals surface area (Å²) in [6, 6.07) is 23.6. The molecule has 178 valence electrons. The first kappa shape index (κ1) is 22.5. The lowest BCUT2D eigenvalue weighted by atomic mass is 9.89. The first-order valence-corrected chi connectivity index (χ1v) is 12.6. The lowest BCUT2D eigenvalue weighted by Crippen LogP contribution is -2.30. The van der Waals surface area contributed by atoms with Crippen LogP contribution in [0.2, 0.25) is 0 Å². The van der Waals surface area contributed by atoms with Crippen LogP contribution in [0, 0.1) is 25.2 Å². The number of pyridine rings is 1. The monoisotopic (exact) mass is 473 g/mol. The molecule has 1 fully saturated rings. The number of hydrogen-bond donors (Lipinski definition) is 0. The standard InChI is InChI=1S/C32H29N2O2/c1-20-12-15-34(3)28(18-20)29-21(2)4-10-26-27-11-9-25(19-33)30(32(27)36-31(26)29)24-7-5-22(6-8-24)23-13-16-35-17-14-23/h4-12,15,18,23H,13-14,16-17H2,1-3H3/q+1. The second kappa shape index (κ2) is 8.93. The number of nitrogens with zero attached hydrogens (tertiary/aromatic N) is 2. The molecule has 0 N–H and O–H groups in total. The van der Waals surface area contributed by atoms with Gasteiger partial charge in [-0.1, -0.05) is 36.4 Å². The van der Waals surface area contributed by atoms with Crippen LogP contribution in [-0.2, 0) is 11.8 Å². The number of nitriles is 1. The largest absolute Gasteiger partial charge is 0.454 e. The number of benzene rings is 3. The third-order valence-corrected chi connectivity index (χ3v) is 7.59. The third kappa shape index (κ3) is 3.68. The van der Waals surface area contributed by atoms with Crippen LogP contribution in [0.5, 0.6) is 0 Å². The first-order valence-electron chi connectivity index (χ1n) is 12.6. The Hall–Kier alpha value is -3.94. The second-order valence-corrected chi connectivity index (χ2v) is 9.92. The molecule has 1 aliphatic rings. The van der Waals surface area contributed by atoms with Crippen molar-refractivity contribution in [2.45, 2.75) is 32.6 Å². The van der Waals surface area contributed by atoms with Crippen LogP contribution in [0.25, 0.3) is 44.3 Å². The van der Waals surface area contributed by atoms with Crippen molar-refractivity contribution in [3.63, 3.8) is 0 Å². The summed E-state index contributed by atoms with van der Waals surface area (Å²) in [5, 5.41) is 12.1. The summed E-state index contributed by atoms with van der Waals surface area (Å²) in [4.78, 5) is 0. The van der Waals surface area contributed by atoms with E-state index in [0.29, 0.717) is 11.5 Å². The van der Waals surface area contributed by atoms with Crippen molar-refractivity contribution in [3.8, 4) is 28.5 Å². The van der Waals surface area contributed by atoms with Gasteiger partial charge in [-0.15, -0.1) is 0 Å². The highest BCUT2D eigenvalue weighted by Gasteiger charge is 2.23. The fourth-order valence-corrected chi connectivity index (χ4v) is 5.58. The molecule has 4 nitrogen and oxygen atoms in total. The molecule has 4 heteroatoms. The summed E-state index contributed by atoms with van der Waals surface area (Å²) >= 11 is 0.